The monoisotopic (exact) mass is 261 g/mol. The normalized spacial score (nSPS) is 10.3. The van der Waals surface area contributed by atoms with E-state index in [0.29, 0.717) is 23.6 Å². The van der Waals surface area contributed by atoms with E-state index in [1.165, 1.54) is 7.11 Å². The summed E-state index contributed by atoms with van der Waals surface area (Å²) < 4.78 is 15.4. The van der Waals surface area contributed by atoms with Crippen LogP contribution in [0, 0.1) is 0 Å². The van der Waals surface area contributed by atoms with E-state index in [9.17, 15) is 4.79 Å². The molecule has 100 valence electrons. The van der Waals surface area contributed by atoms with Gasteiger partial charge in [0.15, 0.2) is 5.69 Å². The first-order chi connectivity index (χ1) is 9.19. The number of carbonyl (C=O) groups is 1. The molecule has 0 aliphatic heterocycles. The summed E-state index contributed by atoms with van der Waals surface area (Å²) in [5.74, 6) is 0.783. The smallest absolute Gasteiger partial charge is 0.356 e. The lowest BCUT2D eigenvalue weighted by atomic mass is 10.1. The van der Waals surface area contributed by atoms with Gasteiger partial charge in [-0.05, 0) is 19.1 Å². The van der Waals surface area contributed by atoms with Gasteiger partial charge in [-0.25, -0.2) is 9.78 Å². The van der Waals surface area contributed by atoms with Crippen LogP contribution in [0.15, 0.2) is 24.3 Å². The molecule has 0 unspecified atom stereocenters. The van der Waals surface area contributed by atoms with Crippen LogP contribution >= 0.6 is 0 Å². The number of methoxy groups -OCH3 is 2. The zero-order valence-corrected chi connectivity index (χ0v) is 11.1. The van der Waals surface area contributed by atoms with Crippen LogP contribution in [-0.4, -0.2) is 31.8 Å². The Kier molecular flexibility index (Phi) is 3.85. The first-order valence-electron chi connectivity index (χ1n) is 5.89. The van der Waals surface area contributed by atoms with Crippen molar-refractivity contribution in [1.29, 1.82) is 0 Å². The number of rotatable bonds is 4. The largest absolute Gasteiger partial charge is 0.497 e. The second kappa shape index (κ2) is 5.56. The van der Waals surface area contributed by atoms with E-state index < -0.39 is 5.97 Å². The van der Waals surface area contributed by atoms with Crippen molar-refractivity contribution in [3.05, 3.63) is 30.0 Å². The summed E-state index contributed by atoms with van der Waals surface area (Å²) in [5, 5.41) is 0.829. The Morgan fingerprint density at radius 2 is 2.05 bits per heavy atom. The highest BCUT2D eigenvalue weighted by Gasteiger charge is 2.13. The Hall–Kier alpha value is -2.30. The quantitative estimate of drug-likeness (QED) is 0.791. The molecule has 0 amide bonds. The molecule has 1 aromatic carbocycles. The molecule has 0 N–H and O–H groups in total. The zero-order valence-electron chi connectivity index (χ0n) is 11.1. The molecule has 0 radical (unpaired) electrons. The summed E-state index contributed by atoms with van der Waals surface area (Å²) in [4.78, 5) is 15.9. The molecule has 5 heteroatoms. The van der Waals surface area contributed by atoms with Gasteiger partial charge >= 0.3 is 5.97 Å². The molecule has 2 rings (SSSR count). The van der Waals surface area contributed by atoms with E-state index in [1.807, 2.05) is 19.1 Å². The van der Waals surface area contributed by atoms with Gasteiger partial charge in [0.25, 0.3) is 0 Å². The molecular weight excluding hydrogens is 246 g/mol. The molecule has 5 nitrogen and oxygen atoms in total. The van der Waals surface area contributed by atoms with Gasteiger partial charge in [0, 0.05) is 17.5 Å². The zero-order chi connectivity index (χ0) is 13.8. The van der Waals surface area contributed by atoms with E-state index in [0.717, 1.165) is 5.39 Å². The highest BCUT2D eigenvalue weighted by Crippen LogP contribution is 2.28. The molecule has 0 saturated heterocycles. The lowest BCUT2D eigenvalue weighted by molar-refractivity contribution is 0.0594. The molecule has 1 heterocycles. The molecular formula is C14H15NO4. The Morgan fingerprint density at radius 3 is 2.68 bits per heavy atom. The molecule has 0 fully saturated rings. The van der Waals surface area contributed by atoms with E-state index in [1.54, 1.807) is 19.2 Å². The Labute approximate surface area is 111 Å². The van der Waals surface area contributed by atoms with Crippen LogP contribution < -0.4 is 9.47 Å². The molecule has 0 saturated carbocycles. The SMILES string of the molecule is CCOc1cc(C(=O)OC)nc2cc(OC)ccc12. The number of ether oxygens (including phenoxy) is 3. The minimum Gasteiger partial charge on any atom is -0.497 e. The molecule has 2 aromatic rings. The summed E-state index contributed by atoms with van der Waals surface area (Å²) in [7, 11) is 2.90. The molecule has 19 heavy (non-hydrogen) atoms. The van der Waals surface area contributed by atoms with Crippen LogP contribution in [0.2, 0.25) is 0 Å². The number of nitrogens with zero attached hydrogens (tertiary/aromatic N) is 1. The van der Waals surface area contributed by atoms with Gasteiger partial charge in [-0.2, -0.15) is 0 Å². The summed E-state index contributed by atoms with van der Waals surface area (Å²) in [6, 6.07) is 7.02. The van der Waals surface area contributed by atoms with E-state index in [-0.39, 0.29) is 5.69 Å². The Bertz CT molecular complexity index is 610. The van der Waals surface area contributed by atoms with Crippen molar-refractivity contribution in [3.8, 4) is 11.5 Å². The molecule has 0 spiro atoms. The van der Waals surface area contributed by atoms with Gasteiger partial charge in [-0.1, -0.05) is 0 Å². The van der Waals surface area contributed by atoms with Crippen molar-refractivity contribution >= 4 is 16.9 Å². The van der Waals surface area contributed by atoms with Crippen LogP contribution in [-0.2, 0) is 4.74 Å². The topological polar surface area (TPSA) is 57.7 Å². The van der Waals surface area contributed by atoms with Gasteiger partial charge in [0.05, 0.1) is 26.3 Å². The maximum atomic E-state index is 11.6. The van der Waals surface area contributed by atoms with Crippen LogP contribution in [0.3, 0.4) is 0 Å². The summed E-state index contributed by atoms with van der Waals surface area (Å²) in [6.45, 7) is 2.39. The van der Waals surface area contributed by atoms with Gasteiger partial charge in [-0.15, -0.1) is 0 Å². The van der Waals surface area contributed by atoms with Crippen molar-refractivity contribution in [1.82, 2.24) is 4.98 Å². The standard InChI is InChI=1S/C14H15NO4/c1-4-19-13-8-12(14(16)18-3)15-11-7-9(17-2)5-6-10(11)13/h5-8H,4H2,1-3H3. The number of carbonyl (C=O) groups excluding carboxylic acids is 1. The van der Waals surface area contributed by atoms with Gasteiger partial charge in [0.1, 0.15) is 11.5 Å². The second-order valence-corrected chi connectivity index (χ2v) is 3.81. The number of esters is 1. The first-order valence-corrected chi connectivity index (χ1v) is 5.89. The average Bonchev–Trinajstić information content (AvgIpc) is 2.45. The fourth-order valence-corrected chi connectivity index (χ4v) is 1.79. The van der Waals surface area contributed by atoms with Crippen LogP contribution in [0.25, 0.3) is 10.9 Å². The summed E-state index contributed by atoms with van der Waals surface area (Å²) in [5.41, 5.74) is 0.845. The molecule has 0 atom stereocenters. The maximum Gasteiger partial charge on any atom is 0.356 e. The van der Waals surface area contributed by atoms with Gasteiger partial charge in [0.2, 0.25) is 0 Å². The summed E-state index contributed by atoms with van der Waals surface area (Å²) in [6.07, 6.45) is 0. The van der Waals surface area contributed by atoms with Gasteiger partial charge in [-0.3, -0.25) is 0 Å². The number of pyridine rings is 1. The number of aromatic nitrogens is 1. The third-order valence-corrected chi connectivity index (χ3v) is 2.67. The Balaban J connectivity index is 2.64. The fourth-order valence-electron chi connectivity index (χ4n) is 1.79. The molecule has 0 bridgehead atoms. The summed E-state index contributed by atoms with van der Waals surface area (Å²) >= 11 is 0. The Morgan fingerprint density at radius 1 is 1.26 bits per heavy atom. The van der Waals surface area contributed by atoms with Crippen molar-refractivity contribution < 1.29 is 19.0 Å². The number of hydrogen-bond donors (Lipinski definition) is 0. The third-order valence-electron chi connectivity index (χ3n) is 2.67. The van der Waals surface area contributed by atoms with E-state index in [4.69, 9.17) is 9.47 Å². The highest BCUT2D eigenvalue weighted by molar-refractivity contribution is 5.94. The average molecular weight is 261 g/mol. The lowest BCUT2D eigenvalue weighted by Gasteiger charge is -2.10. The van der Waals surface area contributed by atoms with E-state index in [2.05, 4.69) is 9.72 Å². The highest BCUT2D eigenvalue weighted by atomic mass is 16.5. The molecule has 0 aliphatic rings. The number of benzene rings is 1. The number of fused-ring (bicyclic) bond motifs is 1. The lowest BCUT2D eigenvalue weighted by Crippen LogP contribution is -2.06. The molecule has 0 aliphatic carbocycles. The van der Waals surface area contributed by atoms with Crippen molar-refractivity contribution in [2.75, 3.05) is 20.8 Å². The van der Waals surface area contributed by atoms with Crippen molar-refractivity contribution in [2.45, 2.75) is 6.92 Å². The predicted molar refractivity (Wildman–Crippen MR) is 70.8 cm³/mol. The third kappa shape index (κ3) is 2.59. The predicted octanol–water partition coefficient (Wildman–Crippen LogP) is 2.43. The fraction of sp³-hybridized carbons (Fsp3) is 0.286. The minimum atomic E-state index is -0.495. The van der Waals surface area contributed by atoms with Crippen molar-refractivity contribution in [3.63, 3.8) is 0 Å². The minimum absolute atomic E-state index is 0.215. The maximum absolute atomic E-state index is 11.6. The van der Waals surface area contributed by atoms with Gasteiger partial charge < -0.3 is 14.2 Å². The van der Waals surface area contributed by atoms with Crippen LogP contribution in [0.5, 0.6) is 11.5 Å². The molecule has 1 aromatic heterocycles. The van der Waals surface area contributed by atoms with Crippen LogP contribution in [0.1, 0.15) is 17.4 Å². The second-order valence-electron chi connectivity index (χ2n) is 3.81. The first kappa shape index (κ1) is 13.1. The van der Waals surface area contributed by atoms with Crippen molar-refractivity contribution in [2.24, 2.45) is 0 Å². The van der Waals surface area contributed by atoms with E-state index >= 15 is 0 Å². The van der Waals surface area contributed by atoms with Crippen LogP contribution in [0.4, 0.5) is 0 Å². The number of hydrogen-bond acceptors (Lipinski definition) is 5.